The number of hydrogen-bond donors (Lipinski definition) is 3. The van der Waals surface area contributed by atoms with Crippen molar-refractivity contribution in [3.05, 3.63) is 12.2 Å². The van der Waals surface area contributed by atoms with Crippen LogP contribution in [0.4, 0.5) is 0 Å². The molecule has 0 fully saturated rings. The van der Waals surface area contributed by atoms with Gasteiger partial charge in [0.15, 0.2) is 4.75 Å². The first-order valence-corrected chi connectivity index (χ1v) is 14.2. The number of allylic oxidation sites excluding steroid dienone is 1. The number of aliphatic hydroxyl groups is 3. The number of ether oxygens (including phenoxy) is 2. The standard InChI is InChI=1S/C26H46O12S.2Na/c1-2-3-4-8-13-22(29)14-10-12-21(11-7-5-6-9-15-23(30)31)26(39-38-37-34,25(33)36-19-17-28)20-24(32)35-18-16-27;;/h10,12,21-22,27-29,34H,2-9,11,13-20H2,1H3,(H,30,31);;/q;2*+1/p-2/b12-10+;;. The van der Waals surface area contributed by atoms with Crippen molar-refractivity contribution in [2.24, 2.45) is 5.92 Å². The molecule has 0 heterocycles. The van der Waals surface area contributed by atoms with Gasteiger partial charge in [-0.25, -0.2) is 0 Å². The maximum atomic E-state index is 13.3. The van der Waals surface area contributed by atoms with E-state index in [9.17, 15) is 29.9 Å². The summed E-state index contributed by atoms with van der Waals surface area (Å²) in [5.41, 5.74) is 0. The van der Waals surface area contributed by atoms with Crippen LogP contribution in [0.5, 0.6) is 0 Å². The minimum absolute atomic E-state index is 0. The van der Waals surface area contributed by atoms with Gasteiger partial charge in [0.05, 0.1) is 37.8 Å². The molecule has 0 aliphatic heterocycles. The predicted molar refractivity (Wildman–Crippen MR) is 138 cm³/mol. The third-order valence-electron chi connectivity index (χ3n) is 6.05. The van der Waals surface area contributed by atoms with Crippen molar-refractivity contribution >= 4 is 30.0 Å². The summed E-state index contributed by atoms with van der Waals surface area (Å²) >= 11 is 0.294. The first-order valence-electron chi connectivity index (χ1n) is 13.5. The van der Waals surface area contributed by atoms with E-state index in [1.54, 1.807) is 12.2 Å². The summed E-state index contributed by atoms with van der Waals surface area (Å²) in [7, 11) is 0. The van der Waals surface area contributed by atoms with Gasteiger partial charge in [0.1, 0.15) is 13.2 Å². The number of carbonyl (C=O) groups excluding carboxylic acids is 3. The molecule has 0 aromatic carbocycles. The Kier molecular flexibility index (Phi) is 33.8. The second-order valence-electron chi connectivity index (χ2n) is 9.19. The fourth-order valence-electron chi connectivity index (χ4n) is 4.04. The summed E-state index contributed by atoms with van der Waals surface area (Å²) in [4.78, 5) is 36.5. The van der Waals surface area contributed by atoms with Gasteiger partial charge in [-0.15, -0.1) is 0 Å². The van der Waals surface area contributed by atoms with Gasteiger partial charge in [0, 0.05) is 11.9 Å². The molecular weight excluding hydrogens is 582 g/mol. The molecule has 3 N–H and O–H groups in total. The first-order chi connectivity index (χ1) is 18.8. The Balaban J connectivity index is -0.00000722. The molecule has 15 heteroatoms. The fourth-order valence-corrected chi connectivity index (χ4v) is 4.81. The molecule has 0 rings (SSSR count). The minimum Gasteiger partial charge on any atom is -0.691 e. The molecule has 3 atom stereocenters. The van der Waals surface area contributed by atoms with E-state index in [0.717, 1.165) is 25.7 Å². The maximum absolute atomic E-state index is 13.3. The zero-order chi connectivity index (χ0) is 29.4. The van der Waals surface area contributed by atoms with E-state index in [0.29, 0.717) is 50.6 Å². The van der Waals surface area contributed by atoms with Crippen molar-refractivity contribution in [1.82, 2.24) is 0 Å². The Hall–Kier alpha value is 0.260. The van der Waals surface area contributed by atoms with Crippen molar-refractivity contribution in [2.45, 2.75) is 101 Å². The Morgan fingerprint density at radius 2 is 1.54 bits per heavy atom. The molecule has 12 nitrogen and oxygen atoms in total. The summed E-state index contributed by atoms with van der Waals surface area (Å²) < 4.78 is 12.8. The second kappa shape index (κ2) is 30.3. The SMILES string of the molecule is CCCCCCC(O)C/C=C/C(CCCCCCC(=O)[O-])C(CC(=O)OCCO)(SOO[O-])C(=O)OCCO.[Na+].[Na+]. The first kappa shape index (κ1) is 45.7. The van der Waals surface area contributed by atoms with E-state index in [1.165, 1.54) is 0 Å². The molecule has 0 aromatic heterocycles. The largest absolute Gasteiger partial charge is 1.00 e. The number of carbonyl (C=O) groups is 3. The van der Waals surface area contributed by atoms with Gasteiger partial charge >= 0.3 is 71.1 Å². The summed E-state index contributed by atoms with van der Waals surface area (Å²) in [6, 6.07) is 0. The monoisotopic (exact) mass is 626 g/mol. The predicted octanol–water partition coefficient (Wildman–Crippen LogP) is -4.95. The average Bonchev–Trinajstić information content (AvgIpc) is 2.91. The smallest absolute Gasteiger partial charge is 0.691 e. The summed E-state index contributed by atoms with van der Waals surface area (Å²) in [6.45, 7) is 0.490. The Bertz CT molecular complexity index is 701. The van der Waals surface area contributed by atoms with Crippen LogP contribution in [0.2, 0.25) is 0 Å². The average molecular weight is 627 g/mol. The van der Waals surface area contributed by atoms with E-state index >= 15 is 0 Å². The summed E-state index contributed by atoms with van der Waals surface area (Å²) in [6.07, 6.45) is 9.42. The van der Waals surface area contributed by atoms with Crippen LogP contribution in [0.25, 0.3) is 0 Å². The maximum Gasteiger partial charge on any atom is 1.00 e. The van der Waals surface area contributed by atoms with Gasteiger partial charge in [-0.2, -0.15) is 4.33 Å². The summed E-state index contributed by atoms with van der Waals surface area (Å²) in [5, 5.41) is 53.4. The van der Waals surface area contributed by atoms with Gasteiger partial charge in [-0.3, -0.25) is 14.6 Å². The zero-order valence-electron chi connectivity index (χ0n) is 24.8. The molecule has 0 aromatic rings. The number of aliphatic hydroxyl groups excluding tert-OH is 3. The number of esters is 2. The molecular formula is C26H44Na2O12S. The van der Waals surface area contributed by atoms with E-state index in [2.05, 4.69) is 16.3 Å². The quantitative estimate of drug-likeness (QED) is 0.0157. The van der Waals surface area contributed by atoms with E-state index in [1.807, 2.05) is 0 Å². The van der Waals surface area contributed by atoms with Crippen molar-refractivity contribution in [1.29, 1.82) is 0 Å². The fraction of sp³-hybridized carbons (Fsp3) is 0.808. The van der Waals surface area contributed by atoms with Gasteiger partial charge < -0.3 is 40.0 Å². The molecule has 228 valence electrons. The van der Waals surface area contributed by atoms with Crippen molar-refractivity contribution in [2.75, 3.05) is 26.4 Å². The van der Waals surface area contributed by atoms with Crippen LogP contribution in [0.1, 0.15) is 90.4 Å². The molecule has 0 saturated carbocycles. The molecule has 0 bridgehead atoms. The normalized spacial score (nSPS) is 13.9. The van der Waals surface area contributed by atoms with Crippen molar-refractivity contribution in [3.63, 3.8) is 0 Å². The molecule has 0 saturated heterocycles. The number of unbranched alkanes of at least 4 members (excludes halogenated alkanes) is 6. The molecule has 41 heavy (non-hydrogen) atoms. The van der Waals surface area contributed by atoms with E-state index in [4.69, 9.17) is 19.7 Å². The van der Waals surface area contributed by atoms with Crippen LogP contribution in [0, 0.1) is 5.92 Å². The summed E-state index contributed by atoms with van der Waals surface area (Å²) in [5.74, 6) is -3.73. The third-order valence-corrected chi connectivity index (χ3v) is 7.09. The van der Waals surface area contributed by atoms with Crippen LogP contribution in [-0.2, 0) is 33.2 Å². The third kappa shape index (κ3) is 22.4. The van der Waals surface area contributed by atoms with E-state index in [-0.39, 0.29) is 85.2 Å². The topological polar surface area (TPSA) is 195 Å². The Morgan fingerprint density at radius 1 is 0.927 bits per heavy atom. The van der Waals surface area contributed by atoms with Gasteiger partial charge in [0.25, 0.3) is 0 Å². The Labute approximate surface area is 291 Å². The molecule has 3 unspecified atom stereocenters. The molecule has 0 radical (unpaired) electrons. The minimum atomic E-state index is -1.86. The molecule has 0 spiro atoms. The van der Waals surface area contributed by atoms with Crippen LogP contribution in [0.15, 0.2) is 12.2 Å². The van der Waals surface area contributed by atoms with Crippen LogP contribution in [-0.4, -0.2) is 70.5 Å². The Morgan fingerprint density at radius 3 is 2.15 bits per heavy atom. The van der Waals surface area contributed by atoms with Crippen LogP contribution < -0.4 is 69.5 Å². The number of hydrogen-bond acceptors (Lipinski definition) is 13. The van der Waals surface area contributed by atoms with Crippen molar-refractivity contribution < 1.29 is 118 Å². The number of carboxylic acids is 1. The molecule has 0 amide bonds. The molecule has 0 aliphatic rings. The zero-order valence-corrected chi connectivity index (χ0v) is 29.6. The van der Waals surface area contributed by atoms with Crippen molar-refractivity contribution in [3.8, 4) is 0 Å². The van der Waals surface area contributed by atoms with E-state index < -0.39 is 54.3 Å². The number of aliphatic carboxylic acids is 1. The molecule has 0 aliphatic carbocycles. The van der Waals surface area contributed by atoms with Gasteiger partial charge in [0.2, 0.25) is 0 Å². The van der Waals surface area contributed by atoms with Gasteiger partial charge in [-0.05, 0) is 32.1 Å². The van der Waals surface area contributed by atoms with Crippen LogP contribution in [0.3, 0.4) is 0 Å². The number of carboxylic acid groups (broad SMARTS) is 1. The van der Waals surface area contributed by atoms with Gasteiger partial charge in [-0.1, -0.05) is 64.0 Å². The second-order valence-corrected chi connectivity index (χ2v) is 10.2. The number of rotatable bonds is 26. The van der Waals surface area contributed by atoms with Crippen LogP contribution >= 0.6 is 12.0 Å².